The lowest BCUT2D eigenvalue weighted by Crippen LogP contribution is -2.29. The summed E-state index contributed by atoms with van der Waals surface area (Å²) in [5, 5.41) is 3.66. The van der Waals surface area contributed by atoms with Crippen molar-refractivity contribution in [1.82, 2.24) is 15.0 Å². The lowest BCUT2D eigenvalue weighted by molar-refractivity contribution is 0.504. The number of nitrogens with zero attached hydrogens (tertiary/aromatic N) is 2. The molecule has 0 saturated heterocycles. The van der Waals surface area contributed by atoms with Gasteiger partial charge in [-0.1, -0.05) is 10.6 Å². The van der Waals surface area contributed by atoms with Crippen molar-refractivity contribution in [3.05, 3.63) is 46.5 Å². The van der Waals surface area contributed by atoms with Crippen LogP contribution in [0.1, 0.15) is 16.5 Å². The molecule has 90 valence electrons. The van der Waals surface area contributed by atoms with Crippen molar-refractivity contribution < 1.29 is 8.78 Å². The number of aromatic nitrogens is 2. The molecule has 1 aromatic carbocycles. The van der Waals surface area contributed by atoms with E-state index >= 15 is 0 Å². The van der Waals surface area contributed by atoms with E-state index in [9.17, 15) is 8.78 Å². The highest BCUT2D eigenvalue weighted by Gasteiger charge is 2.17. The van der Waals surface area contributed by atoms with Crippen molar-refractivity contribution in [3.63, 3.8) is 0 Å². The van der Waals surface area contributed by atoms with Gasteiger partial charge in [-0.15, -0.1) is 5.10 Å². The monoisotopic (exact) mass is 256 g/mol. The molecule has 3 N–H and O–H groups in total. The Balaban J connectivity index is 2.25. The molecule has 0 radical (unpaired) electrons. The minimum Gasteiger partial charge on any atom is -0.271 e. The first kappa shape index (κ1) is 12.0. The summed E-state index contributed by atoms with van der Waals surface area (Å²) in [6.07, 6.45) is 1.63. The number of halogens is 2. The molecule has 17 heavy (non-hydrogen) atoms. The quantitative estimate of drug-likeness (QED) is 0.643. The van der Waals surface area contributed by atoms with Gasteiger partial charge in [0.25, 0.3) is 0 Å². The highest BCUT2D eigenvalue weighted by molar-refractivity contribution is 7.05. The number of nitrogens with two attached hydrogens (primary N) is 1. The van der Waals surface area contributed by atoms with Crippen LogP contribution in [0.3, 0.4) is 0 Å². The van der Waals surface area contributed by atoms with Crippen molar-refractivity contribution in [3.8, 4) is 0 Å². The molecule has 0 spiro atoms. The summed E-state index contributed by atoms with van der Waals surface area (Å²) in [6, 6.07) is 3.36. The highest BCUT2D eigenvalue weighted by Crippen LogP contribution is 2.22. The Hall–Kier alpha value is -1.44. The molecule has 2 aromatic rings. The second kappa shape index (κ2) is 5.26. The smallest absolute Gasteiger partial charge is 0.129 e. The van der Waals surface area contributed by atoms with Gasteiger partial charge in [0.2, 0.25) is 0 Å². The van der Waals surface area contributed by atoms with Crippen molar-refractivity contribution in [2.24, 2.45) is 5.84 Å². The Kier molecular flexibility index (Phi) is 3.72. The molecule has 1 aromatic heterocycles. The number of nitrogens with one attached hydrogen (secondary N) is 1. The zero-order valence-corrected chi connectivity index (χ0v) is 9.55. The molecule has 0 saturated carbocycles. The Labute approximate surface area is 101 Å². The summed E-state index contributed by atoms with van der Waals surface area (Å²) >= 11 is 1.14. The molecule has 1 heterocycles. The van der Waals surface area contributed by atoms with Gasteiger partial charge in [0.15, 0.2) is 0 Å². The van der Waals surface area contributed by atoms with Crippen LogP contribution in [0.25, 0.3) is 0 Å². The fraction of sp³-hybridized carbons (Fsp3) is 0.200. The van der Waals surface area contributed by atoms with Crippen LogP contribution in [0.5, 0.6) is 0 Å². The predicted molar refractivity (Wildman–Crippen MR) is 60.0 cm³/mol. The van der Waals surface area contributed by atoms with Crippen LogP contribution >= 0.6 is 11.5 Å². The van der Waals surface area contributed by atoms with Crippen molar-refractivity contribution in [1.29, 1.82) is 0 Å². The molecule has 0 aliphatic heterocycles. The van der Waals surface area contributed by atoms with E-state index in [1.165, 1.54) is 24.4 Å². The Morgan fingerprint density at radius 1 is 1.35 bits per heavy atom. The number of benzene rings is 1. The summed E-state index contributed by atoms with van der Waals surface area (Å²) in [4.78, 5) is 0.732. The van der Waals surface area contributed by atoms with E-state index in [0.29, 0.717) is 0 Å². The van der Waals surface area contributed by atoms with Gasteiger partial charge >= 0.3 is 0 Å². The summed E-state index contributed by atoms with van der Waals surface area (Å²) in [5.41, 5.74) is 2.51. The average Bonchev–Trinajstić information content (AvgIpc) is 2.82. The van der Waals surface area contributed by atoms with Gasteiger partial charge in [-0.05, 0) is 30.1 Å². The van der Waals surface area contributed by atoms with E-state index in [0.717, 1.165) is 16.4 Å². The van der Waals surface area contributed by atoms with E-state index in [2.05, 4.69) is 15.0 Å². The molecule has 0 aliphatic rings. The SMILES string of the molecule is NNC(Cc1c(F)cccc1F)c1cnns1. The van der Waals surface area contributed by atoms with E-state index in [-0.39, 0.29) is 12.0 Å². The van der Waals surface area contributed by atoms with Crippen LogP contribution in [0.4, 0.5) is 8.78 Å². The fourth-order valence-corrected chi connectivity index (χ4v) is 2.06. The van der Waals surface area contributed by atoms with Gasteiger partial charge in [0.05, 0.1) is 17.1 Å². The van der Waals surface area contributed by atoms with Gasteiger partial charge < -0.3 is 0 Å². The van der Waals surface area contributed by atoms with Crippen molar-refractivity contribution in [2.75, 3.05) is 0 Å². The number of hydrazine groups is 1. The van der Waals surface area contributed by atoms with Crippen LogP contribution in [-0.4, -0.2) is 9.59 Å². The van der Waals surface area contributed by atoms with Crippen LogP contribution in [0.15, 0.2) is 24.4 Å². The summed E-state index contributed by atoms with van der Waals surface area (Å²) in [6.45, 7) is 0. The topological polar surface area (TPSA) is 63.8 Å². The highest BCUT2D eigenvalue weighted by atomic mass is 32.1. The maximum absolute atomic E-state index is 13.5. The second-order valence-electron chi connectivity index (χ2n) is 3.44. The molecule has 1 unspecified atom stereocenters. The van der Waals surface area contributed by atoms with Gasteiger partial charge in [-0.25, -0.2) is 8.78 Å². The van der Waals surface area contributed by atoms with Gasteiger partial charge in [0, 0.05) is 5.56 Å². The van der Waals surface area contributed by atoms with Gasteiger partial charge in [-0.3, -0.25) is 11.3 Å². The third kappa shape index (κ3) is 2.63. The predicted octanol–water partition coefficient (Wildman–Crippen LogP) is 1.56. The lowest BCUT2D eigenvalue weighted by Gasteiger charge is -2.14. The fourth-order valence-electron chi connectivity index (χ4n) is 1.50. The maximum Gasteiger partial charge on any atom is 0.129 e. The molecule has 4 nitrogen and oxygen atoms in total. The molecular formula is C10H10F2N4S. The maximum atomic E-state index is 13.5. The zero-order chi connectivity index (χ0) is 12.3. The molecule has 2 rings (SSSR count). The van der Waals surface area contributed by atoms with Crippen LogP contribution < -0.4 is 11.3 Å². The van der Waals surface area contributed by atoms with Crippen LogP contribution in [0, 0.1) is 11.6 Å². The van der Waals surface area contributed by atoms with Crippen molar-refractivity contribution in [2.45, 2.75) is 12.5 Å². The molecule has 0 amide bonds. The molecule has 0 aliphatic carbocycles. The van der Waals surface area contributed by atoms with Crippen LogP contribution in [-0.2, 0) is 6.42 Å². The van der Waals surface area contributed by atoms with Gasteiger partial charge in [-0.2, -0.15) is 0 Å². The van der Waals surface area contributed by atoms with Gasteiger partial charge in [0.1, 0.15) is 11.6 Å². The number of hydrogen-bond acceptors (Lipinski definition) is 5. The third-order valence-electron chi connectivity index (χ3n) is 2.39. The summed E-state index contributed by atoms with van der Waals surface area (Å²) in [7, 11) is 0. The number of hydrogen-bond donors (Lipinski definition) is 2. The van der Waals surface area contributed by atoms with Crippen LogP contribution in [0.2, 0.25) is 0 Å². The molecular weight excluding hydrogens is 246 g/mol. The second-order valence-corrected chi connectivity index (χ2v) is 4.26. The first-order chi connectivity index (χ1) is 8.22. The molecule has 0 fully saturated rings. The minimum atomic E-state index is -0.581. The zero-order valence-electron chi connectivity index (χ0n) is 8.73. The normalized spacial score (nSPS) is 12.6. The largest absolute Gasteiger partial charge is 0.271 e. The Morgan fingerprint density at radius 3 is 2.59 bits per heavy atom. The van der Waals surface area contributed by atoms with E-state index in [1.54, 1.807) is 0 Å². The Bertz CT molecular complexity index is 469. The molecule has 0 bridgehead atoms. The first-order valence-corrected chi connectivity index (χ1v) is 5.66. The Morgan fingerprint density at radius 2 is 2.06 bits per heavy atom. The average molecular weight is 256 g/mol. The molecule has 7 heteroatoms. The third-order valence-corrected chi connectivity index (χ3v) is 3.17. The minimum absolute atomic E-state index is 0.00356. The lowest BCUT2D eigenvalue weighted by atomic mass is 10.0. The van der Waals surface area contributed by atoms with E-state index in [1.807, 2.05) is 0 Å². The summed E-state index contributed by atoms with van der Waals surface area (Å²) in [5.74, 6) is 4.21. The van der Waals surface area contributed by atoms with E-state index < -0.39 is 17.7 Å². The van der Waals surface area contributed by atoms with Crippen molar-refractivity contribution >= 4 is 11.5 Å². The summed E-state index contributed by atoms with van der Waals surface area (Å²) < 4.78 is 30.6. The van der Waals surface area contributed by atoms with E-state index in [4.69, 9.17) is 5.84 Å². The molecule has 1 atom stereocenters. The number of rotatable bonds is 4. The standard InChI is InChI=1S/C10H10F2N4S/c11-7-2-1-3-8(12)6(7)4-9(15-13)10-5-14-16-17-10/h1-3,5,9,15H,4,13H2. The first-order valence-electron chi connectivity index (χ1n) is 4.88.